The van der Waals surface area contributed by atoms with Gasteiger partial charge < -0.3 is 5.32 Å². The monoisotopic (exact) mass is 502 g/mol. The van der Waals surface area contributed by atoms with Crippen molar-refractivity contribution in [1.29, 1.82) is 5.26 Å². The molecule has 1 aromatic carbocycles. The number of aromatic nitrogens is 1. The smallest absolute Gasteiger partial charge is 0.247 e. The molecule has 0 atom stereocenters. The van der Waals surface area contributed by atoms with Crippen molar-refractivity contribution in [2.24, 2.45) is 5.92 Å². The minimum atomic E-state index is -4.31. The SMILES string of the molecule is CCCC(=O)c1cc(C#N)c(N(C(=O)C2CCNCC2)S(=O)(=O)Cc2ccccc2Cl)nc1C. The highest BCUT2D eigenvalue weighted by Gasteiger charge is 2.38. The number of carbonyl (C=O) groups excluding carboxylic acids is 2. The van der Waals surface area contributed by atoms with E-state index in [1.54, 1.807) is 31.2 Å². The van der Waals surface area contributed by atoms with Crippen LogP contribution in [0.3, 0.4) is 0 Å². The number of halogens is 1. The molecule has 2 aromatic rings. The van der Waals surface area contributed by atoms with Crippen molar-refractivity contribution in [2.75, 3.05) is 17.4 Å². The van der Waals surface area contributed by atoms with Gasteiger partial charge in [0.05, 0.1) is 17.0 Å². The number of benzene rings is 1. The average Bonchev–Trinajstić information content (AvgIpc) is 2.81. The third kappa shape index (κ3) is 5.63. The van der Waals surface area contributed by atoms with Gasteiger partial charge in [-0.2, -0.15) is 9.57 Å². The predicted octanol–water partition coefficient (Wildman–Crippen LogP) is 3.76. The average molecular weight is 503 g/mol. The molecule has 8 nitrogen and oxygen atoms in total. The zero-order chi connectivity index (χ0) is 24.9. The Hall–Kier alpha value is -2.80. The molecule has 180 valence electrons. The maximum atomic E-state index is 13.7. The van der Waals surface area contributed by atoms with Crippen LogP contribution in [0.1, 0.15) is 59.8 Å². The Morgan fingerprint density at radius 1 is 1.26 bits per heavy atom. The molecule has 0 unspecified atom stereocenters. The summed E-state index contributed by atoms with van der Waals surface area (Å²) < 4.78 is 28.0. The number of aryl methyl sites for hydroxylation is 1. The largest absolute Gasteiger partial charge is 0.317 e. The van der Waals surface area contributed by atoms with Crippen molar-refractivity contribution >= 4 is 39.1 Å². The van der Waals surface area contributed by atoms with Gasteiger partial charge >= 0.3 is 0 Å². The Morgan fingerprint density at radius 3 is 2.56 bits per heavy atom. The van der Waals surface area contributed by atoms with Crippen LogP contribution in [0, 0.1) is 24.2 Å². The number of hydrogen-bond acceptors (Lipinski definition) is 7. The number of ketones is 1. The van der Waals surface area contributed by atoms with Gasteiger partial charge in [-0.3, -0.25) is 9.59 Å². The fourth-order valence-corrected chi connectivity index (χ4v) is 5.84. The van der Waals surface area contributed by atoms with Gasteiger partial charge in [-0.15, -0.1) is 0 Å². The van der Waals surface area contributed by atoms with Crippen molar-refractivity contribution in [1.82, 2.24) is 10.3 Å². The molecule has 1 N–H and O–H groups in total. The van der Waals surface area contributed by atoms with Crippen LogP contribution < -0.4 is 9.62 Å². The Labute approximate surface area is 205 Å². The van der Waals surface area contributed by atoms with Gasteiger partial charge in [0, 0.05) is 22.9 Å². The molecule has 0 spiro atoms. The standard InChI is InChI=1S/C24H27ClN4O4S/c1-3-6-22(30)20-13-19(14-26)23(28-16(20)2)29(24(31)17-9-11-27-12-10-17)34(32,33)15-18-7-4-5-8-21(18)25/h4-5,7-8,13,17,27H,3,6,9-12,15H2,1-2H3. The first-order chi connectivity index (χ1) is 16.2. The molecule has 2 heterocycles. The number of nitrogens with zero attached hydrogens (tertiary/aromatic N) is 3. The van der Waals surface area contributed by atoms with Gasteiger partial charge in [0.1, 0.15) is 6.07 Å². The van der Waals surface area contributed by atoms with Crippen molar-refractivity contribution in [3.05, 3.63) is 57.7 Å². The second-order valence-electron chi connectivity index (χ2n) is 8.25. The summed E-state index contributed by atoms with van der Waals surface area (Å²) in [6.45, 7) is 4.59. The van der Waals surface area contributed by atoms with Gasteiger partial charge in [-0.1, -0.05) is 36.7 Å². The molecule has 0 bridgehead atoms. The van der Waals surface area contributed by atoms with Crippen molar-refractivity contribution in [3.8, 4) is 6.07 Å². The summed E-state index contributed by atoms with van der Waals surface area (Å²) >= 11 is 6.20. The number of rotatable bonds is 8. The summed E-state index contributed by atoms with van der Waals surface area (Å²) in [5.41, 5.74) is 0.704. The summed E-state index contributed by atoms with van der Waals surface area (Å²) in [5.74, 6) is -2.18. The minimum absolute atomic E-state index is 0.143. The predicted molar refractivity (Wildman–Crippen MR) is 130 cm³/mol. The van der Waals surface area contributed by atoms with Crippen LogP contribution in [-0.4, -0.2) is 38.2 Å². The van der Waals surface area contributed by atoms with E-state index in [1.807, 2.05) is 13.0 Å². The number of pyridine rings is 1. The van der Waals surface area contributed by atoms with Crippen LogP contribution in [0.2, 0.25) is 5.02 Å². The minimum Gasteiger partial charge on any atom is -0.317 e. The lowest BCUT2D eigenvalue weighted by molar-refractivity contribution is -0.121. The molecule has 10 heteroatoms. The second-order valence-corrected chi connectivity index (χ2v) is 10.5. The van der Waals surface area contributed by atoms with E-state index in [4.69, 9.17) is 11.6 Å². The lowest BCUT2D eigenvalue weighted by Crippen LogP contribution is -2.45. The molecule has 1 saturated heterocycles. The number of hydrogen-bond donors (Lipinski definition) is 1. The van der Waals surface area contributed by atoms with Crippen LogP contribution in [-0.2, 0) is 20.6 Å². The molecule has 0 saturated carbocycles. The van der Waals surface area contributed by atoms with E-state index in [1.165, 1.54) is 6.07 Å². The van der Waals surface area contributed by atoms with Crippen LogP contribution in [0.15, 0.2) is 30.3 Å². The number of carbonyl (C=O) groups is 2. The highest BCUT2D eigenvalue weighted by atomic mass is 35.5. The third-order valence-corrected chi connectivity index (χ3v) is 7.70. The number of nitriles is 1. The van der Waals surface area contributed by atoms with E-state index >= 15 is 0 Å². The van der Waals surface area contributed by atoms with E-state index in [0.29, 0.717) is 42.2 Å². The third-order valence-electron chi connectivity index (χ3n) is 5.75. The molecular weight excluding hydrogens is 476 g/mol. The Bertz CT molecular complexity index is 1230. The zero-order valence-corrected chi connectivity index (χ0v) is 20.7. The van der Waals surface area contributed by atoms with Crippen LogP contribution in [0.5, 0.6) is 0 Å². The van der Waals surface area contributed by atoms with Crippen LogP contribution in [0.25, 0.3) is 0 Å². The van der Waals surface area contributed by atoms with E-state index in [0.717, 1.165) is 0 Å². The van der Waals surface area contributed by atoms with Crippen molar-refractivity contribution in [2.45, 2.75) is 45.3 Å². The fraction of sp³-hybridized carbons (Fsp3) is 0.417. The maximum Gasteiger partial charge on any atom is 0.247 e. The lowest BCUT2D eigenvalue weighted by Gasteiger charge is -2.29. The number of sulfonamides is 1. The molecule has 3 rings (SSSR count). The molecule has 1 aliphatic heterocycles. The molecule has 0 aliphatic carbocycles. The second kappa shape index (κ2) is 11.1. The lowest BCUT2D eigenvalue weighted by atomic mass is 9.97. The number of amides is 1. The molecule has 0 radical (unpaired) electrons. The molecule has 1 aliphatic rings. The normalized spacial score (nSPS) is 14.4. The van der Waals surface area contributed by atoms with Gasteiger partial charge in [0.2, 0.25) is 15.9 Å². The van der Waals surface area contributed by atoms with Crippen LogP contribution >= 0.6 is 11.6 Å². The quantitative estimate of drug-likeness (QED) is 0.545. The first-order valence-corrected chi connectivity index (χ1v) is 13.1. The number of anilines is 1. The Morgan fingerprint density at radius 2 is 1.94 bits per heavy atom. The zero-order valence-electron chi connectivity index (χ0n) is 19.2. The number of nitrogens with one attached hydrogen (secondary N) is 1. The summed E-state index contributed by atoms with van der Waals surface area (Å²) in [4.78, 5) is 30.4. The molecule has 1 amide bonds. The number of Topliss-reactive ketones (excluding diaryl/α,β-unsaturated/α-hetero) is 1. The van der Waals surface area contributed by atoms with E-state index in [9.17, 15) is 23.3 Å². The van der Waals surface area contributed by atoms with Crippen LogP contribution in [0.4, 0.5) is 5.82 Å². The topological polar surface area (TPSA) is 120 Å². The van der Waals surface area contributed by atoms with E-state index in [2.05, 4.69) is 10.3 Å². The molecule has 34 heavy (non-hydrogen) atoms. The van der Waals surface area contributed by atoms with Crippen molar-refractivity contribution < 1.29 is 18.0 Å². The highest BCUT2D eigenvalue weighted by molar-refractivity contribution is 7.92. The first kappa shape index (κ1) is 25.8. The first-order valence-electron chi connectivity index (χ1n) is 11.2. The summed E-state index contributed by atoms with van der Waals surface area (Å²) in [6, 6.07) is 9.76. The Kier molecular flexibility index (Phi) is 8.42. The highest BCUT2D eigenvalue weighted by Crippen LogP contribution is 2.30. The molecule has 1 fully saturated rings. The van der Waals surface area contributed by atoms with Crippen molar-refractivity contribution in [3.63, 3.8) is 0 Å². The van der Waals surface area contributed by atoms with E-state index in [-0.39, 0.29) is 39.9 Å². The molecular formula is C24H27ClN4O4S. The Balaban J connectivity index is 2.15. The van der Waals surface area contributed by atoms with E-state index < -0.39 is 27.6 Å². The summed E-state index contributed by atoms with van der Waals surface area (Å²) in [5, 5.41) is 13.2. The molecule has 1 aromatic heterocycles. The summed E-state index contributed by atoms with van der Waals surface area (Å²) in [6.07, 6.45) is 1.82. The van der Waals surface area contributed by atoms with Gasteiger partial charge in [-0.25, -0.2) is 13.4 Å². The maximum absolute atomic E-state index is 13.7. The van der Waals surface area contributed by atoms with Gasteiger partial charge in [0.25, 0.3) is 0 Å². The van der Waals surface area contributed by atoms with Gasteiger partial charge in [-0.05, 0) is 57.0 Å². The summed E-state index contributed by atoms with van der Waals surface area (Å²) in [7, 11) is -4.31. The fourth-order valence-electron chi connectivity index (χ4n) is 3.96. The van der Waals surface area contributed by atoms with Gasteiger partial charge in [0.15, 0.2) is 11.6 Å². The number of piperidine rings is 1.